The zero-order valence-electron chi connectivity index (χ0n) is 17.3. The Morgan fingerprint density at radius 1 is 1.00 bits per heavy atom. The number of carboxylic acid groups (broad SMARTS) is 1. The average Bonchev–Trinajstić information content (AvgIpc) is 2.85. The van der Waals surface area contributed by atoms with Crippen LogP contribution >= 0.6 is 11.6 Å². The van der Waals surface area contributed by atoms with Crippen molar-refractivity contribution in [3.05, 3.63) is 99.6 Å². The molecule has 0 saturated carbocycles. The normalized spacial score (nSPS) is 15.7. The lowest BCUT2D eigenvalue weighted by Gasteiger charge is -2.29. The smallest absolute Gasteiger partial charge is 0.335 e. The van der Waals surface area contributed by atoms with Crippen molar-refractivity contribution in [3.63, 3.8) is 0 Å². The predicted molar refractivity (Wildman–Crippen MR) is 122 cm³/mol. The first-order valence-electron chi connectivity index (χ1n) is 10.1. The van der Waals surface area contributed by atoms with Gasteiger partial charge in [0.05, 0.1) is 16.8 Å². The molecule has 3 aromatic carbocycles. The summed E-state index contributed by atoms with van der Waals surface area (Å²) >= 11 is 6.09. The van der Waals surface area contributed by atoms with Crippen LogP contribution in [-0.4, -0.2) is 33.8 Å². The van der Waals surface area contributed by atoms with Crippen LogP contribution < -0.4 is 5.32 Å². The summed E-state index contributed by atoms with van der Waals surface area (Å²) in [6, 6.07) is 18.2. The highest BCUT2D eigenvalue weighted by atomic mass is 35.5. The van der Waals surface area contributed by atoms with Crippen LogP contribution in [0.15, 0.2) is 66.7 Å². The van der Waals surface area contributed by atoms with Gasteiger partial charge >= 0.3 is 5.97 Å². The van der Waals surface area contributed by atoms with Gasteiger partial charge in [0.25, 0.3) is 5.91 Å². The van der Waals surface area contributed by atoms with Gasteiger partial charge in [0.15, 0.2) is 0 Å². The van der Waals surface area contributed by atoms with Crippen molar-refractivity contribution in [1.82, 2.24) is 4.90 Å². The van der Waals surface area contributed by atoms with Crippen molar-refractivity contribution in [2.75, 3.05) is 5.32 Å². The molecule has 2 N–H and O–H groups in total. The highest BCUT2D eigenvalue weighted by Crippen LogP contribution is 2.29. The quantitative estimate of drug-likeness (QED) is 0.599. The number of halogens is 1. The van der Waals surface area contributed by atoms with E-state index in [9.17, 15) is 14.4 Å². The van der Waals surface area contributed by atoms with Crippen LogP contribution in [0.25, 0.3) is 0 Å². The molecule has 0 aliphatic carbocycles. The second kappa shape index (κ2) is 8.85. The summed E-state index contributed by atoms with van der Waals surface area (Å²) in [6.07, 6.45) is 0.340. The van der Waals surface area contributed by atoms with E-state index in [0.717, 1.165) is 16.7 Å². The third-order valence-corrected chi connectivity index (χ3v) is 5.75. The van der Waals surface area contributed by atoms with Crippen LogP contribution in [0, 0.1) is 6.92 Å². The first-order valence-corrected chi connectivity index (χ1v) is 10.5. The van der Waals surface area contributed by atoms with Gasteiger partial charge in [-0.25, -0.2) is 4.79 Å². The summed E-state index contributed by atoms with van der Waals surface area (Å²) in [4.78, 5) is 39.4. The van der Waals surface area contributed by atoms with Crippen LogP contribution in [0.1, 0.15) is 37.4 Å². The highest BCUT2D eigenvalue weighted by Gasteiger charge is 2.35. The number of aromatic carboxylic acids is 1. The van der Waals surface area contributed by atoms with Crippen molar-refractivity contribution in [3.8, 4) is 0 Å². The molecule has 162 valence electrons. The van der Waals surface area contributed by atoms with Gasteiger partial charge in [-0.15, -0.1) is 0 Å². The molecule has 1 atom stereocenters. The summed E-state index contributed by atoms with van der Waals surface area (Å²) in [5.74, 6) is -1.62. The van der Waals surface area contributed by atoms with Crippen LogP contribution in [0.2, 0.25) is 5.02 Å². The van der Waals surface area contributed by atoms with Gasteiger partial charge in [0.2, 0.25) is 5.91 Å². The summed E-state index contributed by atoms with van der Waals surface area (Å²) in [7, 11) is 0. The molecule has 1 aliphatic rings. The van der Waals surface area contributed by atoms with E-state index in [1.807, 2.05) is 31.2 Å². The number of hydrogen-bond acceptors (Lipinski definition) is 3. The molecular weight excluding hydrogens is 428 g/mol. The van der Waals surface area contributed by atoms with Crippen LogP contribution in [0.4, 0.5) is 5.69 Å². The number of nitrogens with zero attached hydrogens (tertiary/aromatic N) is 1. The van der Waals surface area contributed by atoms with E-state index < -0.39 is 12.0 Å². The molecule has 4 rings (SSSR count). The van der Waals surface area contributed by atoms with E-state index >= 15 is 0 Å². The van der Waals surface area contributed by atoms with Crippen LogP contribution in [0.3, 0.4) is 0 Å². The maximum atomic E-state index is 13.5. The standard InChI is InChI=1S/C25H21ClN2O4/c1-15-2-4-16(5-3-15)12-22-23(29)27-21-13-19(26)10-11-20(21)24(30)28(22)14-17-6-8-18(9-7-17)25(31)32/h2-11,13,22H,12,14H2,1H3,(H,27,29)(H,31,32). The number of nitrogens with one attached hydrogen (secondary N) is 1. The molecule has 7 heteroatoms. The monoisotopic (exact) mass is 448 g/mol. The maximum Gasteiger partial charge on any atom is 0.335 e. The second-order valence-electron chi connectivity index (χ2n) is 7.82. The number of fused-ring (bicyclic) bond motifs is 1. The highest BCUT2D eigenvalue weighted by molar-refractivity contribution is 6.31. The van der Waals surface area contributed by atoms with Crippen molar-refractivity contribution >= 4 is 35.1 Å². The Kier molecular flexibility index (Phi) is 5.97. The first kappa shape index (κ1) is 21.6. The molecule has 3 aromatic rings. The molecule has 6 nitrogen and oxygen atoms in total. The third kappa shape index (κ3) is 4.50. The number of hydrogen-bond donors (Lipinski definition) is 2. The third-order valence-electron chi connectivity index (χ3n) is 5.51. The molecule has 0 bridgehead atoms. The zero-order valence-corrected chi connectivity index (χ0v) is 18.1. The van der Waals surface area contributed by atoms with Gasteiger partial charge in [-0.05, 0) is 48.4 Å². The van der Waals surface area contributed by atoms with E-state index in [1.165, 1.54) is 17.0 Å². The summed E-state index contributed by atoms with van der Waals surface area (Å²) in [5, 5.41) is 12.4. The number of benzene rings is 3. The minimum absolute atomic E-state index is 0.157. The second-order valence-corrected chi connectivity index (χ2v) is 8.26. The topological polar surface area (TPSA) is 86.7 Å². The molecular formula is C25H21ClN2O4. The number of aryl methyl sites for hydroxylation is 1. The molecule has 1 heterocycles. The molecule has 0 aromatic heterocycles. The Bertz CT molecular complexity index is 1190. The molecule has 1 aliphatic heterocycles. The van der Waals surface area contributed by atoms with Gasteiger partial charge in [0, 0.05) is 18.0 Å². The van der Waals surface area contributed by atoms with Crippen LogP contribution in [-0.2, 0) is 17.8 Å². The van der Waals surface area contributed by atoms with Gasteiger partial charge in [-0.2, -0.15) is 0 Å². The van der Waals surface area contributed by atoms with Crippen molar-refractivity contribution < 1.29 is 19.5 Å². The SMILES string of the molecule is Cc1ccc(CC2C(=O)Nc3cc(Cl)ccc3C(=O)N2Cc2ccc(C(=O)O)cc2)cc1. The van der Waals surface area contributed by atoms with E-state index in [-0.39, 0.29) is 23.9 Å². The average molecular weight is 449 g/mol. The summed E-state index contributed by atoms with van der Waals surface area (Å²) in [5.41, 5.74) is 3.65. The Morgan fingerprint density at radius 3 is 2.31 bits per heavy atom. The number of carboxylic acids is 1. The van der Waals surface area contributed by atoms with Gasteiger partial charge in [-0.1, -0.05) is 53.6 Å². The van der Waals surface area contributed by atoms with Gasteiger partial charge in [0.1, 0.15) is 6.04 Å². The van der Waals surface area contributed by atoms with Crippen molar-refractivity contribution in [2.45, 2.75) is 25.9 Å². The number of amides is 2. The summed E-state index contributed by atoms with van der Waals surface area (Å²) < 4.78 is 0. The Balaban J connectivity index is 1.72. The number of carbonyl (C=O) groups excluding carboxylic acids is 2. The van der Waals surface area contributed by atoms with Gasteiger partial charge < -0.3 is 15.3 Å². The molecule has 0 fully saturated rings. The Labute approximate surface area is 190 Å². The van der Waals surface area contributed by atoms with Gasteiger partial charge in [-0.3, -0.25) is 9.59 Å². The lowest BCUT2D eigenvalue weighted by atomic mass is 10.0. The molecule has 0 radical (unpaired) electrons. The van der Waals surface area contributed by atoms with Crippen molar-refractivity contribution in [1.29, 1.82) is 0 Å². The number of carbonyl (C=O) groups is 3. The van der Waals surface area contributed by atoms with E-state index in [4.69, 9.17) is 16.7 Å². The zero-order chi connectivity index (χ0) is 22.8. The molecule has 0 saturated heterocycles. The molecule has 32 heavy (non-hydrogen) atoms. The first-order chi connectivity index (χ1) is 15.3. The minimum atomic E-state index is -1.02. The predicted octanol–water partition coefficient (Wildman–Crippen LogP) is 4.55. The Morgan fingerprint density at radius 2 is 1.66 bits per heavy atom. The maximum absolute atomic E-state index is 13.5. The fourth-order valence-electron chi connectivity index (χ4n) is 3.74. The summed E-state index contributed by atoms with van der Waals surface area (Å²) in [6.45, 7) is 2.14. The number of anilines is 1. The Hall–Kier alpha value is -3.64. The molecule has 0 spiro atoms. The fourth-order valence-corrected chi connectivity index (χ4v) is 3.91. The van der Waals surface area contributed by atoms with E-state index in [1.54, 1.807) is 30.3 Å². The molecule has 2 amide bonds. The van der Waals surface area contributed by atoms with Crippen molar-refractivity contribution in [2.24, 2.45) is 0 Å². The van der Waals surface area contributed by atoms with E-state index in [0.29, 0.717) is 22.7 Å². The minimum Gasteiger partial charge on any atom is -0.478 e. The largest absolute Gasteiger partial charge is 0.478 e. The van der Waals surface area contributed by atoms with Crippen LogP contribution in [0.5, 0.6) is 0 Å². The lowest BCUT2D eigenvalue weighted by Crippen LogP contribution is -2.46. The van der Waals surface area contributed by atoms with E-state index in [2.05, 4.69) is 5.32 Å². The number of rotatable bonds is 5. The molecule has 1 unspecified atom stereocenters. The fraction of sp³-hybridized carbons (Fsp3) is 0.160. The lowest BCUT2D eigenvalue weighted by molar-refractivity contribution is -0.120.